The van der Waals surface area contributed by atoms with Crippen LogP contribution in [0.3, 0.4) is 0 Å². The van der Waals surface area contributed by atoms with E-state index < -0.39 is 17.2 Å². The Morgan fingerprint density at radius 3 is 2.83 bits per heavy atom. The molecule has 0 aliphatic heterocycles. The molecule has 1 heterocycles. The molecule has 1 rings (SSSR count). The third-order valence-electron chi connectivity index (χ3n) is 1.97. The van der Waals surface area contributed by atoms with Crippen molar-refractivity contribution in [1.82, 2.24) is 9.55 Å². The van der Waals surface area contributed by atoms with Crippen LogP contribution >= 0.6 is 0 Å². The maximum atomic E-state index is 11.4. The molecular formula is C10H14N2O6. The van der Waals surface area contributed by atoms with E-state index in [1.807, 2.05) is 4.98 Å². The lowest BCUT2D eigenvalue weighted by molar-refractivity contribution is 0.0440. The number of hydrogen-bond acceptors (Lipinski definition) is 6. The van der Waals surface area contributed by atoms with Gasteiger partial charge < -0.3 is 14.6 Å². The number of H-pyrrole nitrogens is 1. The Morgan fingerprint density at radius 2 is 2.22 bits per heavy atom. The fraction of sp³-hybridized carbons (Fsp3) is 0.500. The molecule has 0 amide bonds. The molecule has 0 aliphatic rings. The number of rotatable bonds is 6. The lowest BCUT2D eigenvalue weighted by Gasteiger charge is -2.07. The number of nitrogens with zero attached hydrogens (tertiary/aromatic N) is 1. The van der Waals surface area contributed by atoms with E-state index in [1.54, 1.807) is 6.92 Å². The largest absolute Gasteiger partial charge is 0.462 e. The minimum absolute atomic E-state index is 0.0420. The van der Waals surface area contributed by atoms with Crippen LogP contribution in [-0.2, 0) is 16.2 Å². The second kappa shape index (κ2) is 6.72. The number of nitrogens with one attached hydrogen (secondary N) is 1. The molecule has 0 unspecified atom stereocenters. The van der Waals surface area contributed by atoms with Crippen molar-refractivity contribution >= 4 is 5.97 Å². The molecule has 8 nitrogen and oxygen atoms in total. The van der Waals surface area contributed by atoms with E-state index in [-0.39, 0.29) is 32.1 Å². The van der Waals surface area contributed by atoms with Gasteiger partial charge >= 0.3 is 11.7 Å². The van der Waals surface area contributed by atoms with Crippen molar-refractivity contribution < 1.29 is 19.4 Å². The Hall–Kier alpha value is -1.93. The number of carbonyl (C=O) groups excluding carboxylic acids is 1. The number of aliphatic hydroxyl groups excluding tert-OH is 1. The summed E-state index contributed by atoms with van der Waals surface area (Å²) in [4.78, 5) is 36.2. The Balaban J connectivity index is 2.99. The van der Waals surface area contributed by atoms with E-state index in [2.05, 4.69) is 4.74 Å². The summed E-state index contributed by atoms with van der Waals surface area (Å²) in [6.45, 7) is 1.40. The zero-order valence-electron chi connectivity index (χ0n) is 9.84. The van der Waals surface area contributed by atoms with Crippen LogP contribution in [0.5, 0.6) is 0 Å². The number of esters is 1. The summed E-state index contributed by atoms with van der Waals surface area (Å²) in [7, 11) is 0. The molecule has 0 aromatic carbocycles. The van der Waals surface area contributed by atoms with E-state index in [0.717, 1.165) is 10.8 Å². The Bertz CT molecular complexity index is 518. The minimum Gasteiger partial charge on any atom is -0.462 e. The van der Waals surface area contributed by atoms with Crippen LogP contribution in [0.4, 0.5) is 0 Å². The van der Waals surface area contributed by atoms with Gasteiger partial charge in [-0.15, -0.1) is 0 Å². The van der Waals surface area contributed by atoms with Crippen molar-refractivity contribution in [2.75, 3.05) is 19.8 Å². The van der Waals surface area contributed by atoms with Crippen LogP contribution < -0.4 is 11.2 Å². The standard InChI is InChI=1S/C10H14N2O6/c1-2-18-9(15)7-5-12(6-17-4-3-13)10(16)11-8(7)14/h5,13H,2-4,6H2,1H3,(H,11,14,16). The van der Waals surface area contributed by atoms with Crippen molar-refractivity contribution in [3.8, 4) is 0 Å². The van der Waals surface area contributed by atoms with Crippen molar-refractivity contribution in [3.05, 3.63) is 32.6 Å². The van der Waals surface area contributed by atoms with Gasteiger partial charge in [-0.1, -0.05) is 0 Å². The van der Waals surface area contributed by atoms with E-state index in [9.17, 15) is 14.4 Å². The van der Waals surface area contributed by atoms with E-state index in [1.165, 1.54) is 0 Å². The van der Waals surface area contributed by atoms with Crippen LogP contribution in [-0.4, -0.2) is 40.4 Å². The van der Waals surface area contributed by atoms with Gasteiger partial charge in [0.2, 0.25) is 0 Å². The lowest BCUT2D eigenvalue weighted by atomic mass is 10.3. The van der Waals surface area contributed by atoms with Gasteiger partial charge in [-0.2, -0.15) is 0 Å². The van der Waals surface area contributed by atoms with Gasteiger partial charge in [0, 0.05) is 6.20 Å². The zero-order valence-corrected chi connectivity index (χ0v) is 9.84. The molecular weight excluding hydrogens is 244 g/mol. The number of carbonyl (C=O) groups is 1. The second-order valence-corrected chi connectivity index (χ2v) is 3.25. The third-order valence-corrected chi connectivity index (χ3v) is 1.97. The van der Waals surface area contributed by atoms with Crippen molar-refractivity contribution in [2.24, 2.45) is 0 Å². The quantitative estimate of drug-likeness (QED) is 0.483. The summed E-state index contributed by atoms with van der Waals surface area (Å²) < 4.78 is 10.6. The molecule has 1 aromatic heterocycles. The highest BCUT2D eigenvalue weighted by atomic mass is 16.5. The van der Waals surface area contributed by atoms with Crippen LogP contribution in [0, 0.1) is 0 Å². The van der Waals surface area contributed by atoms with Crippen LogP contribution in [0.25, 0.3) is 0 Å². The van der Waals surface area contributed by atoms with Gasteiger partial charge in [0.05, 0.1) is 19.8 Å². The maximum absolute atomic E-state index is 11.4. The fourth-order valence-corrected chi connectivity index (χ4v) is 1.19. The van der Waals surface area contributed by atoms with Gasteiger partial charge in [0.1, 0.15) is 12.3 Å². The average molecular weight is 258 g/mol. The number of aromatic nitrogens is 2. The SMILES string of the molecule is CCOC(=O)c1cn(COCCO)c(=O)[nH]c1=O. The van der Waals surface area contributed by atoms with Gasteiger partial charge in [0.25, 0.3) is 5.56 Å². The molecule has 0 saturated heterocycles. The molecule has 8 heteroatoms. The molecule has 0 saturated carbocycles. The summed E-state index contributed by atoms with van der Waals surface area (Å²) in [5.74, 6) is -0.811. The first kappa shape index (κ1) is 14.1. The molecule has 2 N–H and O–H groups in total. The highest BCUT2D eigenvalue weighted by Gasteiger charge is 2.13. The van der Waals surface area contributed by atoms with E-state index in [0.29, 0.717) is 0 Å². The number of aromatic amines is 1. The van der Waals surface area contributed by atoms with Gasteiger partial charge in [-0.3, -0.25) is 14.3 Å². The summed E-state index contributed by atoms with van der Waals surface area (Å²) in [6.07, 6.45) is 1.07. The Kier molecular flexibility index (Phi) is 5.28. The first-order chi connectivity index (χ1) is 8.60. The average Bonchev–Trinajstić information content (AvgIpc) is 2.32. The minimum atomic E-state index is -0.811. The second-order valence-electron chi connectivity index (χ2n) is 3.25. The topological polar surface area (TPSA) is 111 Å². The van der Waals surface area contributed by atoms with Crippen molar-refractivity contribution in [1.29, 1.82) is 0 Å². The van der Waals surface area contributed by atoms with E-state index in [4.69, 9.17) is 9.84 Å². The number of aliphatic hydroxyl groups is 1. The molecule has 0 aliphatic carbocycles. The maximum Gasteiger partial charge on any atom is 0.345 e. The highest BCUT2D eigenvalue weighted by Crippen LogP contribution is 1.93. The smallest absolute Gasteiger partial charge is 0.345 e. The molecule has 100 valence electrons. The summed E-state index contributed by atoms with van der Waals surface area (Å²) in [5.41, 5.74) is -1.79. The molecule has 0 bridgehead atoms. The molecule has 0 fully saturated rings. The third kappa shape index (κ3) is 3.54. The highest BCUT2D eigenvalue weighted by molar-refractivity contribution is 5.88. The summed E-state index contributed by atoms with van der Waals surface area (Å²) in [6, 6.07) is 0. The lowest BCUT2D eigenvalue weighted by Crippen LogP contribution is -2.34. The predicted molar refractivity (Wildman–Crippen MR) is 60.3 cm³/mol. The first-order valence-electron chi connectivity index (χ1n) is 5.29. The number of hydrogen-bond donors (Lipinski definition) is 2. The van der Waals surface area contributed by atoms with Crippen molar-refractivity contribution in [2.45, 2.75) is 13.7 Å². The summed E-state index contributed by atoms with van der Waals surface area (Å²) >= 11 is 0. The Morgan fingerprint density at radius 1 is 1.50 bits per heavy atom. The van der Waals surface area contributed by atoms with Crippen LogP contribution in [0.2, 0.25) is 0 Å². The zero-order chi connectivity index (χ0) is 13.5. The number of ether oxygens (including phenoxy) is 2. The van der Waals surface area contributed by atoms with Crippen LogP contribution in [0.15, 0.2) is 15.8 Å². The normalized spacial score (nSPS) is 10.3. The van der Waals surface area contributed by atoms with Gasteiger partial charge in [-0.05, 0) is 6.92 Å². The van der Waals surface area contributed by atoms with E-state index >= 15 is 0 Å². The molecule has 0 radical (unpaired) electrons. The molecule has 1 aromatic rings. The van der Waals surface area contributed by atoms with Gasteiger partial charge in [0.15, 0.2) is 0 Å². The molecule has 18 heavy (non-hydrogen) atoms. The van der Waals surface area contributed by atoms with Gasteiger partial charge in [-0.25, -0.2) is 9.59 Å². The van der Waals surface area contributed by atoms with Crippen molar-refractivity contribution in [3.63, 3.8) is 0 Å². The summed E-state index contributed by atoms with van der Waals surface area (Å²) in [5, 5.41) is 8.53. The molecule has 0 atom stereocenters. The first-order valence-corrected chi connectivity index (χ1v) is 5.29. The molecule has 0 spiro atoms. The fourth-order valence-electron chi connectivity index (χ4n) is 1.19. The van der Waals surface area contributed by atoms with Crippen LogP contribution in [0.1, 0.15) is 17.3 Å². The monoisotopic (exact) mass is 258 g/mol. The predicted octanol–water partition coefficient (Wildman–Crippen LogP) is -1.32. The Labute approximate surface area is 102 Å².